The maximum Gasteiger partial charge on any atom is 0.234 e. The zero-order chi connectivity index (χ0) is 21.5. The number of methoxy groups -OCH3 is 1. The van der Waals surface area contributed by atoms with Gasteiger partial charge in [0.1, 0.15) is 5.75 Å². The molecule has 4 nitrogen and oxygen atoms in total. The molecule has 3 aromatic carbocycles. The van der Waals surface area contributed by atoms with E-state index < -0.39 is 0 Å². The molecule has 1 heterocycles. The summed E-state index contributed by atoms with van der Waals surface area (Å²) in [5.74, 6) is 1.12. The number of fused-ring (bicyclic) bond motifs is 1. The van der Waals surface area contributed by atoms with E-state index in [2.05, 4.69) is 70.9 Å². The molecule has 1 aliphatic heterocycles. The van der Waals surface area contributed by atoms with Gasteiger partial charge in [-0.2, -0.15) is 0 Å². The molecule has 1 N–H and O–H groups in total. The van der Waals surface area contributed by atoms with Crippen LogP contribution >= 0.6 is 0 Å². The predicted molar refractivity (Wildman–Crippen MR) is 124 cm³/mol. The summed E-state index contributed by atoms with van der Waals surface area (Å²) < 4.78 is 5.36. The van der Waals surface area contributed by atoms with E-state index >= 15 is 0 Å². The van der Waals surface area contributed by atoms with Gasteiger partial charge in [-0.15, -0.1) is 0 Å². The molecular weight excluding hydrogens is 384 g/mol. The first-order valence-corrected chi connectivity index (χ1v) is 11.0. The summed E-state index contributed by atoms with van der Waals surface area (Å²) >= 11 is 0. The predicted octanol–water partition coefficient (Wildman–Crippen LogP) is 4.39. The number of rotatable bonds is 7. The Labute approximate surface area is 184 Å². The highest BCUT2D eigenvalue weighted by Gasteiger charge is 2.19. The average Bonchev–Trinajstić information content (AvgIpc) is 3.01. The quantitative estimate of drug-likeness (QED) is 0.623. The Balaban J connectivity index is 1.39. The summed E-state index contributed by atoms with van der Waals surface area (Å²) in [7, 11) is 1.70. The zero-order valence-electron chi connectivity index (χ0n) is 18.1. The third-order valence-electron chi connectivity index (χ3n) is 6.00. The van der Waals surface area contributed by atoms with Gasteiger partial charge in [0, 0.05) is 19.0 Å². The minimum atomic E-state index is 0.0776. The van der Waals surface area contributed by atoms with Crippen molar-refractivity contribution in [3.8, 4) is 5.75 Å². The van der Waals surface area contributed by atoms with Gasteiger partial charge in [-0.25, -0.2) is 0 Å². The molecule has 160 valence electrons. The molecule has 0 atom stereocenters. The van der Waals surface area contributed by atoms with Gasteiger partial charge < -0.3 is 10.1 Å². The van der Waals surface area contributed by atoms with Crippen LogP contribution < -0.4 is 10.1 Å². The summed E-state index contributed by atoms with van der Waals surface area (Å²) in [5.41, 5.74) is 5.05. The molecule has 0 saturated carbocycles. The second kappa shape index (κ2) is 10.3. The van der Waals surface area contributed by atoms with Crippen LogP contribution in [0.3, 0.4) is 0 Å². The normalized spacial score (nSPS) is 14.0. The van der Waals surface area contributed by atoms with E-state index in [1.165, 1.54) is 22.3 Å². The Kier molecular flexibility index (Phi) is 7.00. The number of aryl methyl sites for hydroxylation is 1. The molecule has 0 bridgehead atoms. The lowest BCUT2D eigenvalue weighted by Gasteiger charge is -2.22. The number of nitrogens with one attached hydrogen (secondary N) is 1. The standard InChI is InChI=1S/C27H30N2O2/c1-31-25-15-14-24-19-29(16-8-13-23(24)17-25)20-27(30)28-18-26(21-9-4-2-5-10-21)22-11-6-3-7-12-22/h2-7,9-12,14-15,17,26H,8,13,16,18-20H2,1H3,(H,28,30). The van der Waals surface area contributed by atoms with Gasteiger partial charge in [0.2, 0.25) is 5.91 Å². The monoisotopic (exact) mass is 414 g/mol. The smallest absolute Gasteiger partial charge is 0.234 e. The van der Waals surface area contributed by atoms with Crippen molar-refractivity contribution < 1.29 is 9.53 Å². The maximum atomic E-state index is 12.8. The number of carbonyl (C=O) groups is 1. The number of hydrogen-bond donors (Lipinski definition) is 1. The van der Waals surface area contributed by atoms with E-state index in [0.29, 0.717) is 13.1 Å². The molecular formula is C27H30N2O2. The van der Waals surface area contributed by atoms with E-state index in [9.17, 15) is 4.79 Å². The van der Waals surface area contributed by atoms with Gasteiger partial charge in [-0.3, -0.25) is 9.69 Å². The number of amides is 1. The molecule has 0 spiro atoms. The van der Waals surface area contributed by atoms with Crippen molar-refractivity contribution >= 4 is 5.91 Å². The van der Waals surface area contributed by atoms with E-state index in [-0.39, 0.29) is 11.8 Å². The molecule has 0 saturated heterocycles. The van der Waals surface area contributed by atoms with Gasteiger partial charge in [0.15, 0.2) is 0 Å². The lowest BCUT2D eigenvalue weighted by molar-refractivity contribution is -0.122. The van der Waals surface area contributed by atoms with Crippen LogP contribution in [-0.2, 0) is 17.8 Å². The van der Waals surface area contributed by atoms with E-state index in [4.69, 9.17) is 4.74 Å². The highest BCUT2D eigenvalue weighted by atomic mass is 16.5. The van der Waals surface area contributed by atoms with Gasteiger partial charge in [-0.05, 0) is 53.8 Å². The summed E-state index contributed by atoms with van der Waals surface area (Å²) in [5, 5.41) is 3.19. The van der Waals surface area contributed by atoms with Crippen molar-refractivity contribution in [2.24, 2.45) is 0 Å². The maximum absolute atomic E-state index is 12.8. The van der Waals surface area contributed by atoms with Crippen LogP contribution in [-0.4, -0.2) is 37.6 Å². The van der Waals surface area contributed by atoms with Crippen LogP contribution in [0.15, 0.2) is 78.9 Å². The highest BCUT2D eigenvalue weighted by molar-refractivity contribution is 5.78. The first-order valence-electron chi connectivity index (χ1n) is 11.0. The number of carbonyl (C=O) groups excluding carboxylic acids is 1. The fourth-order valence-corrected chi connectivity index (χ4v) is 4.34. The van der Waals surface area contributed by atoms with Crippen LogP contribution in [0.1, 0.15) is 34.6 Å². The third kappa shape index (κ3) is 5.53. The first-order chi connectivity index (χ1) is 15.2. The van der Waals surface area contributed by atoms with Gasteiger partial charge >= 0.3 is 0 Å². The summed E-state index contributed by atoms with van der Waals surface area (Å²) in [4.78, 5) is 15.1. The zero-order valence-corrected chi connectivity index (χ0v) is 18.1. The molecule has 1 aliphatic rings. The van der Waals surface area contributed by atoms with Crippen LogP contribution in [0.5, 0.6) is 5.75 Å². The molecule has 0 aromatic heterocycles. The Bertz CT molecular complexity index is 949. The minimum Gasteiger partial charge on any atom is -0.497 e. The van der Waals surface area contributed by atoms with Gasteiger partial charge in [-0.1, -0.05) is 66.7 Å². The number of ether oxygens (including phenoxy) is 1. The minimum absolute atomic E-state index is 0.0776. The number of benzene rings is 3. The molecule has 0 fully saturated rings. The van der Waals surface area contributed by atoms with E-state index in [0.717, 1.165) is 31.7 Å². The van der Waals surface area contributed by atoms with E-state index in [1.807, 2.05) is 18.2 Å². The average molecular weight is 415 g/mol. The second-order valence-electron chi connectivity index (χ2n) is 8.13. The Hall–Kier alpha value is -3.11. The van der Waals surface area contributed by atoms with Crippen molar-refractivity contribution in [1.82, 2.24) is 10.2 Å². The lowest BCUT2D eigenvalue weighted by atomic mass is 9.91. The summed E-state index contributed by atoms with van der Waals surface area (Å²) in [6.45, 7) is 2.73. The SMILES string of the molecule is COc1ccc2c(c1)CCCN(CC(=O)NCC(c1ccccc1)c1ccccc1)C2. The molecule has 4 rings (SSSR count). The molecule has 3 aromatic rings. The Morgan fingerprint density at radius 2 is 1.65 bits per heavy atom. The Morgan fingerprint density at radius 1 is 0.968 bits per heavy atom. The largest absolute Gasteiger partial charge is 0.497 e. The second-order valence-corrected chi connectivity index (χ2v) is 8.13. The van der Waals surface area contributed by atoms with Crippen molar-refractivity contribution in [2.45, 2.75) is 25.3 Å². The van der Waals surface area contributed by atoms with Crippen LogP contribution in [0, 0.1) is 0 Å². The topological polar surface area (TPSA) is 41.6 Å². The molecule has 4 heteroatoms. The fourth-order valence-electron chi connectivity index (χ4n) is 4.34. The molecule has 0 unspecified atom stereocenters. The fraction of sp³-hybridized carbons (Fsp3) is 0.296. The first kappa shape index (κ1) is 21.1. The summed E-state index contributed by atoms with van der Waals surface area (Å²) in [6, 6.07) is 27.0. The van der Waals surface area contributed by atoms with Gasteiger partial charge in [0.05, 0.1) is 13.7 Å². The van der Waals surface area contributed by atoms with Gasteiger partial charge in [0.25, 0.3) is 0 Å². The summed E-state index contributed by atoms with van der Waals surface area (Å²) in [6.07, 6.45) is 2.07. The third-order valence-corrected chi connectivity index (χ3v) is 6.00. The van der Waals surface area contributed by atoms with Crippen molar-refractivity contribution in [1.29, 1.82) is 0 Å². The van der Waals surface area contributed by atoms with Crippen molar-refractivity contribution in [3.63, 3.8) is 0 Å². The number of nitrogens with zero attached hydrogens (tertiary/aromatic N) is 1. The molecule has 1 amide bonds. The molecule has 31 heavy (non-hydrogen) atoms. The Morgan fingerprint density at radius 3 is 2.29 bits per heavy atom. The molecule has 0 aliphatic carbocycles. The van der Waals surface area contributed by atoms with Crippen molar-refractivity contribution in [3.05, 3.63) is 101 Å². The van der Waals surface area contributed by atoms with Crippen LogP contribution in [0.4, 0.5) is 0 Å². The lowest BCUT2D eigenvalue weighted by Crippen LogP contribution is -2.38. The van der Waals surface area contributed by atoms with Crippen LogP contribution in [0.25, 0.3) is 0 Å². The molecule has 0 radical (unpaired) electrons. The highest BCUT2D eigenvalue weighted by Crippen LogP contribution is 2.25. The van der Waals surface area contributed by atoms with E-state index in [1.54, 1.807) is 7.11 Å². The van der Waals surface area contributed by atoms with Crippen molar-refractivity contribution in [2.75, 3.05) is 26.7 Å². The number of hydrogen-bond acceptors (Lipinski definition) is 3. The van der Waals surface area contributed by atoms with Crippen LogP contribution in [0.2, 0.25) is 0 Å².